The first-order valence-electron chi connectivity index (χ1n) is 7.88. The van der Waals surface area contributed by atoms with Crippen LogP contribution in [0.3, 0.4) is 0 Å². The predicted octanol–water partition coefficient (Wildman–Crippen LogP) is 3.51. The Morgan fingerprint density at radius 1 is 1.16 bits per heavy atom. The van der Waals surface area contributed by atoms with Crippen molar-refractivity contribution in [2.45, 2.75) is 25.9 Å². The van der Waals surface area contributed by atoms with Gasteiger partial charge < -0.3 is 24.4 Å². The molecule has 2 rings (SSSR count). The Morgan fingerprint density at radius 2 is 1.76 bits per heavy atom. The first-order valence-corrected chi connectivity index (χ1v) is 9.49. The lowest BCUT2D eigenvalue weighted by Gasteiger charge is -2.24. The molecule has 8 heteroatoms. The second-order valence-electron chi connectivity index (χ2n) is 5.38. The van der Waals surface area contributed by atoms with Crippen molar-refractivity contribution in [3.05, 3.63) is 35.9 Å². The number of phenols is 2. The SMILES string of the molecule is CCOP(=O)(OCC)C(Cc1c(O)cc2ccccc2c1O)C(=O)O. The number of carbonyl (C=O) groups is 1. The number of phenolic OH excluding ortho intramolecular Hbond substituents is 2. The fraction of sp³-hybridized carbons (Fsp3) is 0.353. The van der Waals surface area contributed by atoms with Gasteiger partial charge in [0.1, 0.15) is 11.5 Å². The molecule has 2 aromatic carbocycles. The highest BCUT2D eigenvalue weighted by Crippen LogP contribution is 2.55. The summed E-state index contributed by atoms with van der Waals surface area (Å²) >= 11 is 0. The Labute approximate surface area is 145 Å². The molecule has 0 saturated heterocycles. The molecule has 0 aliphatic rings. The second kappa shape index (κ2) is 7.87. The summed E-state index contributed by atoms with van der Waals surface area (Å²) in [5.74, 6) is -1.92. The number of carboxylic acids is 1. The van der Waals surface area contributed by atoms with Gasteiger partial charge in [-0.3, -0.25) is 9.36 Å². The molecule has 1 atom stereocenters. The van der Waals surface area contributed by atoms with Crippen LogP contribution in [0.1, 0.15) is 19.4 Å². The molecule has 0 aromatic heterocycles. The molecule has 0 heterocycles. The van der Waals surface area contributed by atoms with Crippen LogP contribution >= 0.6 is 7.60 Å². The zero-order valence-electron chi connectivity index (χ0n) is 14.0. The number of benzene rings is 2. The molecule has 0 saturated carbocycles. The van der Waals surface area contributed by atoms with Crippen LogP contribution in [0.15, 0.2) is 30.3 Å². The van der Waals surface area contributed by atoms with E-state index < -0.39 is 25.6 Å². The van der Waals surface area contributed by atoms with Gasteiger partial charge in [-0.25, -0.2) is 0 Å². The fourth-order valence-electron chi connectivity index (χ4n) is 2.66. The van der Waals surface area contributed by atoms with Crippen molar-refractivity contribution >= 4 is 24.3 Å². The number of aromatic hydroxyl groups is 2. The summed E-state index contributed by atoms with van der Waals surface area (Å²) in [7, 11) is -3.97. The molecule has 25 heavy (non-hydrogen) atoms. The molecule has 1 unspecified atom stereocenters. The molecule has 2 aromatic rings. The van der Waals surface area contributed by atoms with E-state index in [-0.39, 0.29) is 30.3 Å². The van der Waals surface area contributed by atoms with Crippen molar-refractivity contribution in [1.29, 1.82) is 0 Å². The third-order valence-corrected chi connectivity index (χ3v) is 6.19. The summed E-state index contributed by atoms with van der Waals surface area (Å²) in [6.07, 6.45) is -0.394. The van der Waals surface area contributed by atoms with E-state index >= 15 is 0 Å². The second-order valence-corrected chi connectivity index (χ2v) is 7.60. The number of fused-ring (bicyclic) bond motifs is 1. The molecule has 0 radical (unpaired) electrons. The van der Waals surface area contributed by atoms with Crippen LogP contribution < -0.4 is 0 Å². The van der Waals surface area contributed by atoms with E-state index in [4.69, 9.17) is 9.05 Å². The minimum absolute atomic E-state index is 0.00858. The van der Waals surface area contributed by atoms with Crippen molar-refractivity contribution in [2.24, 2.45) is 0 Å². The maximum Gasteiger partial charge on any atom is 0.345 e. The highest BCUT2D eigenvalue weighted by Gasteiger charge is 2.42. The third-order valence-electron chi connectivity index (χ3n) is 3.79. The Kier molecular flexibility index (Phi) is 6.06. The molecule has 136 valence electrons. The maximum absolute atomic E-state index is 12.9. The van der Waals surface area contributed by atoms with Gasteiger partial charge in [-0.15, -0.1) is 0 Å². The van der Waals surface area contributed by atoms with Crippen molar-refractivity contribution in [3.8, 4) is 11.5 Å². The summed E-state index contributed by atoms with van der Waals surface area (Å²) < 4.78 is 23.1. The van der Waals surface area contributed by atoms with E-state index in [0.29, 0.717) is 10.8 Å². The van der Waals surface area contributed by atoms with Crippen LogP contribution in [0.2, 0.25) is 0 Å². The van der Waals surface area contributed by atoms with E-state index in [1.807, 2.05) is 0 Å². The van der Waals surface area contributed by atoms with Gasteiger partial charge in [-0.2, -0.15) is 0 Å². The van der Waals surface area contributed by atoms with Gasteiger partial charge in [0.05, 0.1) is 13.2 Å². The van der Waals surface area contributed by atoms with E-state index in [2.05, 4.69) is 0 Å². The van der Waals surface area contributed by atoms with E-state index in [1.54, 1.807) is 38.1 Å². The molecular weight excluding hydrogens is 347 g/mol. The zero-order valence-corrected chi connectivity index (χ0v) is 14.9. The summed E-state index contributed by atoms with van der Waals surface area (Å²) in [6, 6.07) is 8.24. The number of hydrogen-bond acceptors (Lipinski definition) is 6. The van der Waals surface area contributed by atoms with Crippen molar-refractivity contribution in [2.75, 3.05) is 13.2 Å². The van der Waals surface area contributed by atoms with Crippen LogP contribution in [-0.2, 0) is 24.8 Å². The van der Waals surface area contributed by atoms with Crippen molar-refractivity contribution in [1.82, 2.24) is 0 Å². The lowest BCUT2D eigenvalue weighted by Crippen LogP contribution is -2.25. The molecule has 0 amide bonds. The Bertz CT molecular complexity index is 808. The summed E-state index contributed by atoms with van der Waals surface area (Å²) in [4.78, 5) is 11.7. The van der Waals surface area contributed by atoms with Gasteiger partial charge in [0, 0.05) is 17.4 Å². The van der Waals surface area contributed by atoms with Gasteiger partial charge in [0.15, 0.2) is 5.66 Å². The Hall–Kier alpha value is -2.08. The highest BCUT2D eigenvalue weighted by atomic mass is 31.2. The maximum atomic E-state index is 12.9. The first-order chi connectivity index (χ1) is 11.8. The molecule has 0 spiro atoms. The predicted molar refractivity (Wildman–Crippen MR) is 93.3 cm³/mol. The third kappa shape index (κ3) is 3.95. The quantitative estimate of drug-likeness (QED) is 0.611. The molecule has 0 aliphatic heterocycles. The summed E-state index contributed by atoms with van der Waals surface area (Å²) in [5.41, 5.74) is -1.56. The van der Waals surface area contributed by atoms with Gasteiger partial charge in [0.25, 0.3) is 0 Å². The lowest BCUT2D eigenvalue weighted by atomic mass is 10.0. The Balaban J connectivity index is 2.52. The van der Waals surface area contributed by atoms with Crippen LogP contribution in [0.5, 0.6) is 11.5 Å². The highest BCUT2D eigenvalue weighted by molar-refractivity contribution is 7.55. The molecule has 7 nitrogen and oxygen atoms in total. The van der Waals surface area contributed by atoms with Crippen LogP contribution in [0.25, 0.3) is 10.8 Å². The summed E-state index contributed by atoms with van der Waals surface area (Å²) in [5, 5.41) is 31.3. The molecule has 0 fully saturated rings. The van der Waals surface area contributed by atoms with Crippen molar-refractivity contribution < 1.29 is 33.7 Å². The molecular formula is C17H21O7P. The zero-order chi connectivity index (χ0) is 18.6. The summed E-state index contributed by atoms with van der Waals surface area (Å²) in [6.45, 7) is 3.18. The van der Waals surface area contributed by atoms with Gasteiger partial charge >= 0.3 is 13.6 Å². The van der Waals surface area contributed by atoms with E-state index in [1.165, 1.54) is 6.07 Å². The number of hydrogen-bond donors (Lipinski definition) is 3. The monoisotopic (exact) mass is 368 g/mol. The average Bonchev–Trinajstić information content (AvgIpc) is 2.54. The van der Waals surface area contributed by atoms with Crippen LogP contribution in [0.4, 0.5) is 0 Å². The number of aliphatic carboxylic acids is 1. The largest absolute Gasteiger partial charge is 0.508 e. The van der Waals surface area contributed by atoms with E-state index in [9.17, 15) is 24.7 Å². The molecule has 0 aliphatic carbocycles. The minimum atomic E-state index is -3.97. The van der Waals surface area contributed by atoms with Gasteiger partial charge in [0.2, 0.25) is 0 Å². The topological polar surface area (TPSA) is 113 Å². The average molecular weight is 368 g/mol. The smallest absolute Gasteiger partial charge is 0.345 e. The van der Waals surface area contributed by atoms with E-state index in [0.717, 1.165) is 0 Å². The standard InChI is InChI=1S/C17H21O7P/c1-3-23-25(22,24-4-2)15(17(20)21)10-13-14(18)9-11-7-5-6-8-12(11)16(13)19/h5-9,15,18-19H,3-4,10H2,1-2H3,(H,20,21). The van der Waals surface area contributed by atoms with Gasteiger partial charge in [-0.1, -0.05) is 24.3 Å². The number of carboxylic acid groups (broad SMARTS) is 1. The lowest BCUT2D eigenvalue weighted by molar-refractivity contribution is -0.137. The molecule has 0 bridgehead atoms. The molecule has 3 N–H and O–H groups in total. The normalized spacial score (nSPS) is 13.0. The first kappa shape index (κ1) is 19.2. The van der Waals surface area contributed by atoms with Crippen LogP contribution in [-0.4, -0.2) is 40.2 Å². The Morgan fingerprint density at radius 3 is 2.32 bits per heavy atom. The van der Waals surface area contributed by atoms with Crippen LogP contribution in [0, 0.1) is 0 Å². The fourth-order valence-corrected chi connectivity index (χ4v) is 4.49. The number of rotatable bonds is 8. The van der Waals surface area contributed by atoms with Crippen molar-refractivity contribution in [3.63, 3.8) is 0 Å². The minimum Gasteiger partial charge on any atom is -0.508 e. The van der Waals surface area contributed by atoms with Gasteiger partial charge in [-0.05, 0) is 25.3 Å².